The first kappa shape index (κ1) is 27.6. The maximum atomic E-state index is 12.8. The van der Waals surface area contributed by atoms with E-state index in [1.165, 1.54) is 0 Å². The highest BCUT2D eigenvalue weighted by molar-refractivity contribution is 6.32. The van der Waals surface area contributed by atoms with E-state index in [-0.39, 0.29) is 17.2 Å². The first-order valence-electron chi connectivity index (χ1n) is 11.1. The summed E-state index contributed by atoms with van der Waals surface area (Å²) in [5.74, 6) is 0.369. The zero-order valence-electron chi connectivity index (χ0n) is 19.8. The summed E-state index contributed by atoms with van der Waals surface area (Å²) < 4.78 is 49.2. The molecule has 0 spiro atoms. The van der Waals surface area contributed by atoms with E-state index in [1.807, 2.05) is 26.0 Å². The van der Waals surface area contributed by atoms with Crippen LogP contribution in [0.2, 0.25) is 0 Å². The van der Waals surface area contributed by atoms with E-state index in [1.54, 1.807) is 43.3 Å². The summed E-state index contributed by atoms with van der Waals surface area (Å²) in [5, 5.41) is 2.48. The van der Waals surface area contributed by atoms with E-state index >= 15 is 0 Å². The summed E-state index contributed by atoms with van der Waals surface area (Å²) in [6.45, 7) is 5.34. The number of nitrogens with zero attached hydrogens (tertiary/aromatic N) is 1. The van der Waals surface area contributed by atoms with Crippen molar-refractivity contribution < 1.29 is 27.4 Å². The Balaban J connectivity index is 1.63. The summed E-state index contributed by atoms with van der Waals surface area (Å²) in [6, 6.07) is 15.5. The van der Waals surface area contributed by atoms with Gasteiger partial charge in [-0.25, -0.2) is 4.98 Å². The number of hydrogen-bond donors (Lipinski definition) is 1. The average Bonchev–Trinajstić information content (AvgIpc) is 2.84. The third-order valence-corrected chi connectivity index (χ3v) is 6.85. The van der Waals surface area contributed by atoms with Gasteiger partial charge in [0.1, 0.15) is 11.5 Å². The first-order valence-corrected chi connectivity index (χ1v) is 12.0. The summed E-state index contributed by atoms with van der Waals surface area (Å²) in [4.78, 5) is 15.7. The highest BCUT2D eigenvalue weighted by Gasteiger charge is 2.35. The Morgan fingerprint density at radius 1 is 1.03 bits per heavy atom. The Hall–Kier alpha value is -2.97. The van der Waals surface area contributed by atoms with Gasteiger partial charge in [0.2, 0.25) is 5.88 Å². The van der Waals surface area contributed by atoms with Crippen LogP contribution in [0.25, 0.3) is 0 Å². The second-order valence-corrected chi connectivity index (χ2v) is 9.41. The van der Waals surface area contributed by atoms with Crippen LogP contribution < -0.4 is 14.8 Å². The minimum Gasteiger partial charge on any atom is -0.481 e. The molecule has 1 heterocycles. The Labute approximate surface area is 217 Å². The second-order valence-electron chi connectivity index (χ2n) is 8.08. The number of carbonyl (C=O) groups is 1. The predicted octanol–water partition coefficient (Wildman–Crippen LogP) is 7.77. The molecule has 0 saturated carbocycles. The fourth-order valence-corrected chi connectivity index (χ4v) is 3.88. The number of anilines is 1. The summed E-state index contributed by atoms with van der Waals surface area (Å²) in [7, 11) is 0. The Morgan fingerprint density at radius 3 is 2.22 bits per heavy atom. The lowest BCUT2D eigenvalue weighted by molar-refractivity contribution is -0.137. The summed E-state index contributed by atoms with van der Waals surface area (Å²) in [6.07, 6.45) is -4.05. The lowest BCUT2D eigenvalue weighted by Crippen LogP contribution is -2.33. The van der Waals surface area contributed by atoms with E-state index in [2.05, 4.69) is 10.3 Å². The highest BCUT2D eigenvalue weighted by atomic mass is 35.5. The molecule has 192 valence electrons. The van der Waals surface area contributed by atoms with Gasteiger partial charge in [-0.3, -0.25) is 4.79 Å². The molecule has 3 aromatic rings. The summed E-state index contributed by atoms with van der Waals surface area (Å²) in [5.41, 5.74) is 0.405. The molecule has 0 unspecified atom stereocenters. The molecule has 5 nitrogen and oxygen atoms in total. The second kappa shape index (κ2) is 11.4. The van der Waals surface area contributed by atoms with Gasteiger partial charge < -0.3 is 14.8 Å². The molecule has 1 amide bonds. The van der Waals surface area contributed by atoms with E-state index in [4.69, 9.17) is 32.7 Å². The van der Waals surface area contributed by atoms with Crippen molar-refractivity contribution in [2.75, 3.05) is 5.32 Å². The standard InChI is InChI=1S/C26H25Cl2F3N2O3/c1-4-25(28,17(3)27)21-7-5-6-8-22(21)33-24(34)16(2)35-19-10-12-20(13-11-19)36-23-14-9-18(15-32-23)26(29,30)31/h5-17H,4H2,1-3H3,(H,33,34)/t16-,17-,25+/m1/s1. The van der Waals surface area contributed by atoms with Gasteiger partial charge >= 0.3 is 6.18 Å². The molecule has 0 fully saturated rings. The van der Waals surface area contributed by atoms with Crippen LogP contribution in [0.5, 0.6) is 17.4 Å². The zero-order valence-corrected chi connectivity index (χ0v) is 21.3. The van der Waals surface area contributed by atoms with E-state index in [9.17, 15) is 18.0 Å². The van der Waals surface area contributed by atoms with Gasteiger partial charge in [0.05, 0.1) is 15.8 Å². The smallest absolute Gasteiger partial charge is 0.417 e. The number of aromatic nitrogens is 1. The third kappa shape index (κ3) is 6.62. The van der Waals surface area contributed by atoms with Crippen LogP contribution in [0.4, 0.5) is 18.9 Å². The molecule has 10 heteroatoms. The van der Waals surface area contributed by atoms with Crippen LogP contribution in [0.3, 0.4) is 0 Å². The van der Waals surface area contributed by atoms with E-state index in [0.717, 1.165) is 17.7 Å². The minimum absolute atomic E-state index is 0.0109. The van der Waals surface area contributed by atoms with Crippen molar-refractivity contribution in [3.63, 3.8) is 0 Å². The monoisotopic (exact) mass is 540 g/mol. The first-order chi connectivity index (χ1) is 16.9. The fraction of sp³-hybridized carbons (Fsp3) is 0.308. The van der Waals surface area contributed by atoms with Gasteiger partial charge in [0, 0.05) is 18.0 Å². The molecule has 0 bridgehead atoms. The van der Waals surface area contributed by atoms with Gasteiger partial charge in [0.15, 0.2) is 6.10 Å². The van der Waals surface area contributed by atoms with E-state index in [0.29, 0.717) is 29.8 Å². The van der Waals surface area contributed by atoms with Crippen LogP contribution in [-0.2, 0) is 15.8 Å². The number of alkyl halides is 5. The number of amides is 1. The molecule has 3 atom stereocenters. The molecular formula is C26H25Cl2F3N2O3. The molecule has 2 aromatic carbocycles. The number of nitrogens with one attached hydrogen (secondary N) is 1. The highest BCUT2D eigenvalue weighted by Crippen LogP contribution is 2.42. The van der Waals surface area contributed by atoms with Crippen molar-refractivity contribution in [1.82, 2.24) is 4.98 Å². The van der Waals surface area contributed by atoms with Crippen molar-refractivity contribution in [2.45, 2.75) is 49.7 Å². The van der Waals surface area contributed by atoms with Crippen molar-refractivity contribution in [3.05, 3.63) is 78.0 Å². The van der Waals surface area contributed by atoms with Gasteiger partial charge in [0.25, 0.3) is 5.91 Å². The molecule has 0 aliphatic heterocycles. The van der Waals surface area contributed by atoms with Crippen molar-refractivity contribution >= 4 is 34.8 Å². The molecule has 0 aliphatic carbocycles. The number of ether oxygens (including phenoxy) is 2. The van der Waals surface area contributed by atoms with Gasteiger partial charge in [-0.05, 0) is 62.2 Å². The van der Waals surface area contributed by atoms with Gasteiger partial charge in [-0.15, -0.1) is 23.2 Å². The van der Waals surface area contributed by atoms with Crippen LogP contribution in [0.1, 0.15) is 38.3 Å². The van der Waals surface area contributed by atoms with E-state index < -0.39 is 22.7 Å². The molecule has 0 saturated heterocycles. The number of pyridine rings is 1. The third-order valence-electron chi connectivity index (χ3n) is 5.57. The molecule has 1 N–H and O–H groups in total. The number of hydrogen-bond acceptors (Lipinski definition) is 4. The number of benzene rings is 2. The van der Waals surface area contributed by atoms with Gasteiger partial charge in [-0.2, -0.15) is 13.2 Å². The fourth-order valence-electron chi connectivity index (χ4n) is 3.45. The lowest BCUT2D eigenvalue weighted by atomic mass is 9.91. The molecular weight excluding hydrogens is 516 g/mol. The topological polar surface area (TPSA) is 60.5 Å². The SMILES string of the molecule is CC[C@@](Cl)(c1ccccc1NC(=O)[C@@H](C)Oc1ccc(Oc2ccc(C(F)(F)F)cn2)cc1)[C@@H](C)Cl. The number of para-hydroxylation sites is 1. The number of halogens is 5. The van der Waals surface area contributed by atoms with Crippen LogP contribution in [0.15, 0.2) is 66.9 Å². The Bertz CT molecular complexity index is 1170. The molecule has 0 radical (unpaired) electrons. The Morgan fingerprint density at radius 2 is 1.67 bits per heavy atom. The maximum Gasteiger partial charge on any atom is 0.417 e. The lowest BCUT2D eigenvalue weighted by Gasteiger charge is -2.31. The van der Waals surface area contributed by atoms with Crippen LogP contribution in [-0.4, -0.2) is 22.4 Å². The molecule has 1 aromatic heterocycles. The predicted molar refractivity (Wildman–Crippen MR) is 134 cm³/mol. The summed E-state index contributed by atoms with van der Waals surface area (Å²) >= 11 is 13.2. The minimum atomic E-state index is -4.47. The van der Waals surface area contributed by atoms with Crippen molar-refractivity contribution in [3.8, 4) is 17.4 Å². The normalized spacial score (nSPS) is 14.9. The van der Waals surface area contributed by atoms with Crippen LogP contribution in [0, 0.1) is 0 Å². The molecule has 0 aliphatic rings. The molecule has 3 rings (SSSR count). The van der Waals surface area contributed by atoms with Crippen LogP contribution >= 0.6 is 23.2 Å². The number of rotatable bonds is 9. The van der Waals surface area contributed by atoms with Crippen molar-refractivity contribution in [1.29, 1.82) is 0 Å². The van der Waals surface area contributed by atoms with Crippen molar-refractivity contribution in [2.24, 2.45) is 0 Å². The average molecular weight is 541 g/mol. The quantitative estimate of drug-likeness (QED) is 0.281. The Kier molecular flexibility index (Phi) is 8.74. The molecule has 36 heavy (non-hydrogen) atoms. The number of carbonyl (C=O) groups excluding carboxylic acids is 1. The maximum absolute atomic E-state index is 12.8. The van der Waals surface area contributed by atoms with Gasteiger partial charge in [-0.1, -0.05) is 25.1 Å². The zero-order chi connectivity index (χ0) is 26.5. The largest absolute Gasteiger partial charge is 0.481 e.